The van der Waals surface area contributed by atoms with Crippen molar-refractivity contribution in [2.75, 3.05) is 18.0 Å². The summed E-state index contributed by atoms with van der Waals surface area (Å²) in [6.45, 7) is 15.2. The van der Waals surface area contributed by atoms with Crippen molar-refractivity contribution in [1.29, 1.82) is 5.26 Å². The topological polar surface area (TPSA) is 69.5 Å². The fourth-order valence-electron chi connectivity index (χ4n) is 4.76. The van der Waals surface area contributed by atoms with Gasteiger partial charge in [0.25, 0.3) is 11.4 Å². The van der Waals surface area contributed by atoms with E-state index in [4.69, 9.17) is 18.2 Å². The predicted octanol–water partition coefficient (Wildman–Crippen LogP) is 4.67. The SMILES string of the molecule is [C-]#[N+]c1ccc2c(n1)c(N1C[C@@H](C)N(C(C)c3ccc(Cl)cc3)C[C@@H]1C)c(C#N)c(=O)n2C. The lowest BCUT2D eigenvalue weighted by Gasteiger charge is -2.47. The molecule has 0 N–H and O–H groups in total. The molecule has 8 heteroatoms. The van der Waals surface area contributed by atoms with Crippen LogP contribution < -0.4 is 10.5 Å². The standard InChI is InChI=1S/C25H25ClN6O/c1-15-14-32(16(2)13-31(15)17(3)18-6-8-19(26)9-7-18)24-20(12-27)25(33)30(5)21-10-11-22(28-4)29-23(21)24/h6-11,15-17H,13-14H2,1-3,5H3/t15-,16+,17?/m1/s1. The van der Waals surface area contributed by atoms with Gasteiger partial charge in [-0.1, -0.05) is 30.3 Å². The number of nitriles is 1. The van der Waals surface area contributed by atoms with E-state index in [2.05, 4.69) is 58.6 Å². The molecule has 3 aromatic rings. The summed E-state index contributed by atoms with van der Waals surface area (Å²) < 4.78 is 1.44. The van der Waals surface area contributed by atoms with Crippen LogP contribution in [-0.2, 0) is 7.05 Å². The average Bonchev–Trinajstić information content (AvgIpc) is 2.82. The second-order valence-corrected chi connectivity index (χ2v) is 9.06. The summed E-state index contributed by atoms with van der Waals surface area (Å²) in [5, 5.41) is 10.6. The lowest BCUT2D eigenvalue weighted by atomic mass is 9.99. The Morgan fingerprint density at radius 3 is 2.52 bits per heavy atom. The summed E-state index contributed by atoms with van der Waals surface area (Å²) in [5.74, 6) is 0.238. The van der Waals surface area contributed by atoms with Gasteiger partial charge in [0.15, 0.2) is 0 Å². The van der Waals surface area contributed by atoms with E-state index >= 15 is 0 Å². The van der Waals surface area contributed by atoms with Crippen molar-refractivity contribution >= 4 is 34.1 Å². The number of halogens is 1. The highest BCUT2D eigenvalue weighted by atomic mass is 35.5. The van der Waals surface area contributed by atoms with Crippen molar-refractivity contribution in [2.45, 2.75) is 38.9 Å². The monoisotopic (exact) mass is 460 g/mol. The van der Waals surface area contributed by atoms with Crippen LogP contribution in [0.2, 0.25) is 5.02 Å². The molecule has 1 aliphatic rings. The molecule has 2 aromatic heterocycles. The first-order valence-corrected chi connectivity index (χ1v) is 11.2. The molecule has 0 bridgehead atoms. The fraction of sp³-hybridized carbons (Fsp3) is 0.360. The summed E-state index contributed by atoms with van der Waals surface area (Å²) >= 11 is 6.06. The molecule has 0 spiro atoms. The predicted molar refractivity (Wildman–Crippen MR) is 131 cm³/mol. The Bertz CT molecular complexity index is 1350. The van der Waals surface area contributed by atoms with Crippen molar-refractivity contribution in [1.82, 2.24) is 14.5 Å². The van der Waals surface area contributed by atoms with Crippen LogP contribution in [-0.4, -0.2) is 39.6 Å². The smallest absolute Gasteiger partial charge is 0.271 e. The lowest BCUT2D eigenvalue weighted by Crippen LogP contribution is -2.57. The number of benzene rings is 1. The quantitative estimate of drug-likeness (QED) is 0.531. The molecule has 168 valence electrons. The summed E-state index contributed by atoms with van der Waals surface area (Å²) in [6.07, 6.45) is 0. The van der Waals surface area contributed by atoms with E-state index in [-0.39, 0.29) is 35.1 Å². The van der Waals surface area contributed by atoms with Gasteiger partial charge in [0, 0.05) is 43.3 Å². The number of piperazine rings is 1. The maximum absolute atomic E-state index is 13.0. The Morgan fingerprint density at radius 1 is 1.18 bits per heavy atom. The highest BCUT2D eigenvalue weighted by Gasteiger charge is 2.36. The third kappa shape index (κ3) is 3.95. The minimum Gasteiger partial charge on any atom is -0.361 e. The molecular weight excluding hydrogens is 436 g/mol. The van der Waals surface area contributed by atoms with Gasteiger partial charge in [-0.25, -0.2) is 0 Å². The Hall–Kier alpha value is -3.39. The first-order valence-electron chi connectivity index (χ1n) is 10.9. The van der Waals surface area contributed by atoms with E-state index in [0.29, 0.717) is 28.3 Å². The zero-order chi connectivity index (χ0) is 23.9. The van der Waals surface area contributed by atoms with Crippen LogP contribution >= 0.6 is 11.6 Å². The van der Waals surface area contributed by atoms with Gasteiger partial charge in [0.05, 0.1) is 5.52 Å². The minimum absolute atomic E-state index is 0.0248. The number of nitrogens with zero attached hydrogens (tertiary/aromatic N) is 6. The highest BCUT2D eigenvalue weighted by molar-refractivity contribution is 6.30. The van der Waals surface area contributed by atoms with E-state index in [1.807, 2.05) is 12.1 Å². The number of anilines is 1. The van der Waals surface area contributed by atoms with Crippen LogP contribution in [0.5, 0.6) is 0 Å². The van der Waals surface area contributed by atoms with Crippen molar-refractivity contribution in [3.63, 3.8) is 0 Å². The zero-order valence-electron chi connectivity index (χ0n) is 19.1. The minimum atomic E-state index is -0.353. The molecule has 4 rings (SSSR count). The Morgan fingerprint density at radius 2 is 1.88 bits per heavy atom. The number of hydrogen-bond acceptors (Lipinski definition) is 5. The molecule has 3 atom stereocenters. The van der Waals surface area contributed by atoms with Crippen molar-refractivity contribution in [3.8, 4) is 6.07 Å². The van der Waals surface area contributed by atoms with Crippen LogP contribution in [0.1, 0.15) is 37.9 Å². The van der Waals surface area contributed by atoms with E-state index in [0.717, 1.165) is 6.54 Å². The van der Waals surface area contributed by atoms with Gasteiger partial charge < -0.3 is 14.3 Å². The van der Waals surface area contributed by atoms with Crippen LogP contribution in [0.15, 0.2) is 41.2 Å². The van der Waals surface area contributed by atoms with Crippen LogP contribution in [0, 0.1) is 17.9 Å². The summed E-state index contributed by atoms with van der Waals surface area (Å²) in [5.41, 5.74) is 2.55. The molecule has 3 heterocycles. The summed E-state index contributed by atoms with van der Waals surface area (Å²) in [7, 11) is 1.63. The van der Waals surface area contributed by atoms with Crippen LogP contribution in [0.3, 0.4) is 0 Å². The fourth-order valence-corrected chi connectivity index (χ4v) is 4.89. The third-order valence-electron chi connectivity index (χ3n) is 6.60. The highest BCUT2D eigenvalue weighted by Crippen LogP contribution is 2.35. The Kier molecular flexibility index (Phi) is 6.12. The first-order chi connectivity index (χ1) is 15.8. The second kappa shape index (κ2) is 8.86. The van der Waals surface area contributed by atoms with Gasteiger partial charge in [-0.2, -0.15) is 5.26 Å². The van der Waals surface area contributed by atoms with Crippen LogP contribution in [0.4, 0.5) is 11.5 Å². The van der Waals surface area contributed by atoms with E-state index in [9.17, 15) is 10.1 Å². The number of pyridine rings is 2. The Balaban J connectivity index is 1.78. The van der Waals surface area contributed by atoms with Gasteiger partial charge in [-0.3, -0.25) is 9.69 Å². The number of fused-ring (bicyclic) bond motifs is 1. The summed E-state index contributed by atoms with van der Waals surface area (Å²) in [4.78, 5) is 25.5. The van der Waals surface area contributed by atoms with Crippen molar-refractivity contribution < 1.29 is 0 Å². The molecule has 1 aromatic carbocycles. The first kappa shape index (κ1) is 22.8. The van der Waals surface area contributed by atoms with Gasteiger partial charge in [-0.05, 0) is 50.6 Å². The zero-order valence-corrected chi connectivity index (χ0v) is 19.8. The molecule has 1 saturated heterocycles. The van der Waals surface area contributed by atoms with E-state index in [1.165, 1.54) is 10.1 Å². The molecular formula is C25H25ClN6O. The Labute approximate surface area is 198 Å². The average molecular weight is 461 g/mol. The largest absolute Gasteiger partial charge is 0.361 e. The lowest BCUT2D eigenvalue weighted by molar-refractivity contribution is 0.119. The molecule has 1 unspecified atom stereocenters. The normalized spacial score (nSPS) is 19.8. The molecule has 0 saturated carbocycles. The molecule has 0 aliphatic carbocycles. The second-order valence-electron chi connectivity index (χ2n) is 8.62. The van der Waals surface area contributed by atoms with Crippen molar-refractivity contribution in [3.05, 3.63) is 74.3 Å². The molecule has 0 amide bonds. The number of hydrogen-bond donors (Lipinski definition) is 0. The van der Waals surface area contributed by atoms with E-state index < -0.39 is 0 Å². The number of rotatable bonds is 3. The van der Waals surface area contributed by atoms with Crippen LogP contribution in [0.25, 0.3) is 15.9 Å². The maximum Gasteiger partial charge on any atom is 0.271 e. The van der Waals surface area contributed by atoms with Gasteiger partial charge in [-0.15, -0.1) is 4.98 Å². The number of aryl methyl sites for hydroxylation is 1. The molecule has 1 aliphatic heterocycles. The van der Waals surface area contributed by atoms with Gasteiger partial charge in [0.1, 0.15) is 17.3 Å². The molecule has 0 radical (unpaired) electrons. The van der Waals surface area contributed by atoms with Gasteiger partial charge >= 0.3 is 0 Å². The van der Waals surface area contributed by atoms with Crippen molar-refractivity contribution in [2.24, 2.45) is 7.05 Å². The maximum atomic E-state index is 13.0. The molecule has 1 fully saturated rings. The van der Waals surface area contributed by atoms with E-state index in [1.54, 1.807) is 19.2 Å². The third-order valence-corrected chi connectivity index (χ3v) is 6.85. The molecule has 7 nitrogen and oxygen atoms in total. The summed E-state index contributed by atoms with van der Waals surface area (Å²) in [6, 6.07) is 13.7. The molecule has 33 heavy (non-hydrogen) atoms. The number of aromatic nitrogens is 2. The van der Waals surface area contributed by atoms with Gasteiger partial charge in [0.2, 0.25) is 5.52 Å².